The van der Waals surface area contributed by atoms with Gasteiger partial charge in [-0.05, 0) is 44.0 Å². The van der Waals surface area contributed by atoms with Crippen molar-refractivity contribution in [2.75, 3.05) is 11.9 Å². The predicted octanol–water partition coefficient (Wildman–Crippen LogP) is 4.39. The van der Waals surface area contributed by atoms with Crippen LogP contribution in [0.4, 0.5) is 5.69 Å². The van der Waals surface area contributed by atoms with Gasteiger partial charge in [0.1, 0.15) is 0 Å². The zero-order valence-corrected chi connectivity index (χ0v) is 15.4. The molecular formula is C21H20N2O4. The first kappa shape index (κ1) is 18.4. The molecule has 0 unspecified atom stereocenters. The number of benzene rings is 2. The van der Waals surface area contributed by atoms with E-state index in [4.69, 9.17) is 9.15 Å². The first-order chi connectivity index (χ1) is 13.0. The third-order valence-corrected chi connectivity index (χ3v) is 4.31. The van der Waals surface area contributed by atoms with Crippen LogP contribution in [0.25, 0.3) is 11.3 Å². The second-order valence-electron chi connectivity index (χ2n) is 6.00. The Balaban J connectivity index is 1.98. The van der Waals surface area contributed by atoms with Gasteiger partial charge in [-0.15, -0.1) is 0 Å². The Kier molecular flexibility index (Phi) is 5.35. The molecule has 27 heavy (non-hydrogen) atoms. The van der Waals surface area contributed by atoms with Crippen molar-refractivity contribution >= 4 is 17.6 Å². The summed E-state index contributed by atoms with van der Waals surface area (Å²) in [5, 5.41) is 2.93. The fourth-order valence-electron chi connectivity index (χ4n) is 2.74. The lowest BCUT2D eigenvalue weighted by Gasteiger charge is -2.12. The zero-order chi connectivity index (χ0) is 19.4. The molecule has 0 spiro atoms. The van der Waals surface area contributed by atoms with E-state index in [9.17, 15) is 9.59 Å². The second-order valence-corrected chi connectivity index (χ2v) is 6.00. The number of aryl methyl sites for hydroxylation is 1. The minimum atomic E-state index is -0.592. The molecule has 1 amide bonds. The standard InChI is InChI=1S/C21H20N2O4/c1-4-26-21(25)18-19(27-12-22-18)15-9-5-6-10-16(15)20(24)23-17-11-7-8-13(2)14(17)3/h5-12H,4H2,1-3H3,(H,23,24). The van der Waals surface area contributed by atoms with E-state index in [0.29, 0.717) is 11.1 Å². The fraction of sp³-hybridized carbons (Fsp3) is 0.190. The molecule has 3 aromatic rings. The highest BCUT2D eigenvalue weighted by molar-refractivity contribution is 6.09. The smallest absolute Gasteiger partial charge is 0.360 e. The molecule has 0 atom stereocenters. The average molecular weight is 364 g/mol. The number of carbonyl (C=O) groups is 2. The Labute approximate surface area is 157 Å². The van der Waals surface area contributed by atoms with Gasteiger partial charge in [-0.1, -0.05) is 30.3 Å². The van der Waals surface area contributed by atoms with Crippen LogP contribution in [-0.4, -0.2) is 23.5 Å². The topological polar surface area (TPSA) is 81.4 Å². The summed E-state index contributed by atoms with van der Waals surface area (Å²) < 4.78 is 10.4. The van der Waals surface area contributed by atoms with Gasteiger partial charge in [-0.2, -0.15) is 0 Å². The molecular weight excluding hydrogens is 344 g/mol. The van der Waals surface area contributed by atoms with Gasteiger partial charge in [0.05, 0.1) is 12.2 Å². The maximum absolute atomic E-state index is 12.9. The number of ether oxygens (including phenoxy) is 1. The van der Waals surface area contributed by atoms with Gasteiger partial charge in [0.2, 0.25) is 0 Å². The molecule has 2 aromatic carbocycles. The van der Waals surface area contributed by atoms with E-state index in [2.05, 4.69) is 10.3 Å². The highest BCUT2D eigenvalue weighted by Gasteiger charge is 2.23. The number of nitrogens with zero attached hydrogens (tertiary/aromatic N) is 1. The lowest BCUT2D eigenvalue weighted by Crippen LogP contribution is -2.15. The molecule has 0 saturated heterocycles. The summed E-state index contributed by atoms with van der Waals surface area (Å²) in [4.78, 5) is 29.0. The van der Waals surface area contributed by atoms with Gasteiger partial charge in [0, 0.05) is 11.3 Å². The van der Waals surface area contributed by atoms with Crippen LogP contribution in [0.5, 0.6) is 0 Å². The molecule has 1 N–H and O–H groups in total. The van der Waals surface area contributed by atoms with Crippen molar-refractivity contribution in [3.05, 3.63) is 71.2 Å². The van der Waals surface area contributed by atoms with Crippen LogP contribution in [0, 0.1) is 13.8 Å². The first-order valence-corrected chi connectivity index (χ1v) is 8.60. The van der Waals surface area contributed by atoms with E-state index in [1.807, 2.05) is 32.0 Å². The van der Waals surface area contributed by atoms with E-state index < -0.39 is 5.97 Å². The number of oxazole rings is 1. The van der Waals surface area contributed by atoms with Gasteiger partial charge in [0.25, 0.3) is 5.91 Å². The molecule has 1 aromatic heterocycles. The normalized spacial score (nSPS) is 10.5. The number of aromatic nitrogens is 1. The fourth-order valence-corrected chi connectivity index (χ4v) is 2.74. The monoisotopic (exact) mass is 364 g/mol. The summed E-state index contributed by atoms with van der Waals surface area (Å²) in [7, 11) is 0. The van der Waals surface area contributed by atoms with Crippen molar-refractivity contribution in [2.45, 2.75) is 20.8 Å². The van der Waals surface area contributed by atoms with E-state index in [1.54, 1.807) is 31.2 Å². The molecule has 0 aliphatic carbocycles. The number of esters is 1. The first-order valence-electron chi connectivity index (χ1n) is 8.60. The van der Waals surface area contributed by atoms with Crippen molar-refractivity contribution in [1.29, 1.82) is 0 Å². The Morgan fingerprint density at radius 2 is 1.89 bits per heavy atom. The Bertz CT molecular complexity index is 991. The maximum atomic E-state index is 12.9. The van der Waals surface area contributed by atoms with Gasteiger partial charge in [0.15, 0.2) is 17.8 Å². The molecule has 3 rings (SSSR count). The van der Waals surface area contributed by atoms with Gasteiger partial charge in [-0.3, -0.25) is 4.79 Å². The minimum absolute atomic E-state index is 0.0452. The lowest BCUT2D eigenvalue weighted by molar-refractivity contribution is 0.0520. The number of amides is 1. The van der Waals surface area contributed by atoms with Crippen LogP contribution in [-0.2, 0) is 4.74 Å². The van der Waals surface area contributed by atoms with Crippen molar-refractivity contribution in [3.8, 4) is 11.3 Å². The van der Waals surface area contributed by atoms with Crippen molar-refractivity contribution < 1.29 is 18.7 Å². The third-order valence-electron chi connectivity index (χ3n) is 4.31. The van der Waals surface area contributed by atoms with Crippen LogP contribution >= 0.6 is 0 Å². The summed E-state index contributed by atoms with van der Waals surface area (Å²) in [5.41, 5.74) is 3.71. The highest BCUT2D eigenvalue weighted by atomic mass is 16.5. The molecule has 0 aliphatic heterocycles. The van der Waals surface area contributed by atoms with Crippen LogP contribution in [0.15, 0.2) is 53.3 Å². The van der Waals surface area contributed by atoms with Crippen molar-refractivity contribution in [1.82, 2.24) is 4.98 Å². The number of hydrogen-bond donors (Lipinski definition) is 1. The Morgan fingerprint density at radius 1 is 1.11 bits per heavy atom. The number of anilines is 1. The van der Waals surface area contributed by atoms with E-state index >= 15 is 0 Å². The van der Waals surface area contributed by atoms with Crippen molar-refractivity contribution in [2.24, 2.45) is 0 Å². The zero-order valence-electron chi connectivity index (χ0n) is 15.4. The molecule has 138 valence electrons. The van der Waals surface area contributed by atoms with E-state index in [-0.39, 0.29) is 24.0 Å². The Morgan fingerprint density at radius 3 is 2.67 bits per heavy atom. The summed E-state index contributed by atoms with van der Waals surface area (Å²) in [5.74, 6) is -0.684. The minimum Gasteiger partial charge on any atom is -0.461 e. The average Bonchev–Trinajstić information content (AvgIpc) is 3.15. The highest BCUT2D eigenvalue weighted by Crippen LogP contribution is 2.28. The molecule has 0 saturated carbocycles. The molecule has 6 nitrogen and oxygen atoms in total. The predicted molar refractivity (Wildman–Crippen MR) is 102 cm³/mol. The molecule has 0 radical (unpaired) electrons. The molecule has 6 heteroatoms. The number of nitrogens with one attached hydrogen (secondary N) is 1. The lowest BCUT2D eigenvalue weighted by atomic mass is 10.0. The maximum Gasteiger partial charge on any atom is 0.360 e. The van der Waals surface area contributed by atoms with E-state index in [0.717, 1.165) is 16.8 Å². The largest absolute Gasteiger partial charge is 0.461 e. The van der Waals surface area contributed by atoms with Gasteiger partial charge in [-0.25, -0.2) is 9.78 Å². The third kappa shape index (κ3) is 3.74. The molecule has 0 bridgehead atoms. The summed E-state index contributed by atoms with van der Waals surface area (Å²) in [6, 6.07) is 12.6. The molecule has 1 heterocycles. The summed E-state index contributed by atoms with van der Waals surface area (Å²) in [6.07, 6.45) is 1.17. The number of rotatable bonds is 5. The molecule has 0 fully saturated rings. The van der Waals surface area contributed by atoms with Gasteiger partial charge < -0.3 is 14.5 Å². The van der Waals surface area contributed by atoms with Crippen molar-refractivity contribution in [3.63, 3.8) is 0 Å². The second kappa shape index (κ2) is 7.86. The van der Waals surface area contributed by atoms with Crippen LogP contribution in [0.2, 0.25) is 0 Å². The van der Waals surface area contributed by atoms with Gasteiger partial charge >= 0.3 is 5.97 Å². The molecule has 0 aliphatic rings. The Hall–Kier alpha value is -3.41. The SMILES string of the molecule is CCOC(=O)c1ncoc1-c1ccccc1C(=O)Nc1cccc(C)c1C. The summed E-state index contributed by atoms with van der Waals surface area (Å²) in [6.45, 7) is 5.87. The van der Waals surface area contributed by atoms with Crippen LogP contribution < -0.4 is 5.32 Å². The van der Waals surface area contributed by atoms with Crippen LogP contribution in [0.1, 0.15) is 38.9 Å². The van der Waals surface area contributed by atoms with Crippen LogP contribution in [0.3, 0.4) is 0 Å². The quantitative estimate of drug-likeness (QED) is 0.679. The van der Waals surface area contributed by atoms with E-state index in [1.165, 1.54) is 6.39 Å². The summed E-state index contributed by atoms with van der Waals surface area (Å²) >= 11 is 0. The number of carbonyl (C=O) groups excluding carboxylic acids is 2. The number of hydrogen-bond acceptors (Lipinski definition) is 5.